The fraction of sp³-hybridized carbons (Fsp3) is 0.615. The van der Waals surface area contributed by atoms with Gasteiger partial charge in [-0.1, -0.05) is 6.92 Å². The van der Waals surface area contributed by atoms with Gasteiger partial charge in [0.15, 0.2) is 0 Å². The number of aliphatic hydroxyl groups excluding tert-OH is 1. The zero-order valence-corrected chi connectivity index (χ0v) is 11.5. The maximum atomic E-state index is 12.1. The first-order valence-corrected chi connectivity index (χ1v) is 7.37. The second-order valence-electron chi connectivity index (χ2n) is 4.67. The molecule has 0 unspecified atom stereocenters. The van der Waals surface area contributed by atoms with Gasteiger partial charge in [0.25, 0.3) is 5.91 Å². The number of rotatable bonds is 4. The van der Waals surface area contributed by atoms with Crippen LogP contribution in [0, 0.1) is 0 Å². The first-order chi connectivity index (χ1) is 8.70. The Labute approximate surface area is 112 Å². The normalized spacial score (nSPS) is 18.9. The monoisotopic (exact) mass is 268 g/mol. The van der Waals surface area contributed by atoms with E-state index in [1.54, 1.807) is 11.3 Å². The third-order valence-corrected chi connectivity index (χ3v) is 4.05. The summed E-state index contributed by atoms with van der Waals surface area (Å²) in [6.45, 7) is 5.92. The molecule has 4 nitrogen and oxygen atoms in total. The van der Waals surface area contributed by atoms with Crippen LogP contribution in [0.25, 0.3) is 0 Å². The third kappa shape index (κ3) is 3.31. The minimum atomic E-state index is -0.246. The summed E-state index contributed by atoms with van der Waals surface area (Å²) in [5.41, 5.74) is 0.794. The maximum Gasteiger partial charge on any atom is 0.254 e. The highest BCUT2D eigenvalue weighted by atomic mass is 32.1. The molecule has 2 heterocycles. The lowest BCUT2D eigenvalue weighted by Gasteiger charge is -2.35. The second kappa shape index (κ2) is 6.31. The number of nitrogens with zero attached hydrogens (tertiary/aromatic N) is 2. The molecular weight excluding hydrogens is 248 g/mol. The average Bonchev–Trinajstić information content (AvgIpc) is 2.92. The fourth-order valence-electron chi connectivity index (χ4n) is 2.13. The number of carbonyl (C=O) groups is 1. The molecule has 100 valence electrons. The summed E-state index contributed by atoms with van der Waals surface area (Å²) in [6.07, 6.45) is 0.540. The van der Waals surface area contributed by atoms with Crippen LogP contribution in [0.5, 0.6) is 0 Å². The van der Waals surface area contributed by atoms with E-state index in [1.807, 2.05) is 28.7 Å². The van der Waals surface area contributed by atoms with Crippen LogP contribution in [0.4, 0.5) is 0 Å². The number of piperazine rings is 1. The van der Waals surface area contributed by atoms with Crippen molar-refractivity contribution in [1.82, 2.24) is 9.80 Å². The van der Waals surface area contributed by atoms with Gasteiger partial charge in [0.2, 0.25) is 0 Å². The van der Waals surface area contributed by atoms with Gasteiger partial charge in [-0.3, -0.25) is 9.69 Å². The highest BCUT2D eigenvalue weighted by Gasteiger charge is 2.23. The molecular formula is C13H20N2O2S. The van der Waals surface area contributed by atoms with Crippen LogP contribution < -0.4 is 0 Å². The molecule has 1 fully saturated rings. The quantitative estimate of drug-likeness (QED) is 0.894. The summed E-state index contributed by atoms with van der Waals surface area (Å²) >= 11 is 1.55. The molecule has 0 aromatic carbocycles. The summed E-state index contributed by atoms with van der Waals surface area (Å²) in [5, 5.41) is 13.4. The van der Waals surface area contributed by atoms with Gasteiger partial charge in [0.05, 0.1) is 11.7 Å². The lowest BCUT2D eigenvalue weighted by atomic mass is 10.2. The van der Waals surface area contributed by atoms with E-state index in [0.717, 1.165) is 44.7 Å². The van der Waals surface area contributed by atoms with Gasteiger partial charge < -0.3 is 10.0 Å². The van der Waals surface area contributed by atoms with Gasteiger partial charge in [-0.15, -0.1) is 0 Å². The summed E-state index contributed by atoms with van der Waals surface area (Å²) < 4.78 is 0. The van der Waals surface area contributed by atoms with Gasteiger partial charge in [-0.05, 0) is 17.9 Å². The van der Waals surface area contributed by atoms with E-state index < -0.39 is 0 Å². The van der Waals surface area contributed by atoms with Crippen molar-refractivity contribution < 1.29 is 9.90 Å². The lowest BCUT2D eigenvalue weighted by Crippen LogP contribution is -2.50. The standard InChI is InChI=1S/C13H20N2O2S/c1-2-12(16)9-14-4-6-15(7-5-14)13(17)11-3-8-18-10-11/h3,8,10,12,16H,2,4-7,9H2,1H3/t12-/m1/s1. The van der Waals surface area contributed by atoms with E-state index in [0.29, 0.717) is 0 Å². The van der Waals surface area contributed by atoms with E-state index in [2.05, 4.69) is 4.90 Å². The van der Waals surface area contributed by atoms with Gasteiger partial charge in [0, 0.05) is 38.1 Å². The largest absolute Gasteiger partial charge is 0.392 e. The molecule has 1 saturated heterocycles. The molecule has 0 spiro atoms. The Morgan fingerprint density at radius 2 is 2.17 bits per heavy atom. The van der Waals surface area contributed by atoms with E-state index in [4.69, 9.17) is 0 Å². The molecule has 1 aromatic rings. The predicted octanol–water partition coefficient (Wildman–Crippen LogP) is 1.28. The Morgan fingerprint density at radius 3 is 2.72 bits per heavy atom. The first kappa shape index (κ1) is 13.5. The van der Waals surface area contributed by atoms with E-state index >= 15 is 0 Å². The number of hydrogen-bond donors (Lipinski definition) is 1. The maximum absolute atomic E-state index is 12.1. The summed E-state index contributed by atoms with van der Waals surface area (Å²) in [6, 6.07) is 1.88. The van der Waals surface area contributed by atoms with Crippen molar-refractivity contribution in [1.29, 1.82) is 0 Å². The van der Waals surface area contributed by atoms with E-state index in [-0.39, 0.29) is 12.0 Å². The molecule has 0 saturated carbocycles. The molecule has 5 heteroatoms. The summed E-state index contributed by atoms with van der Waals surface area (Å²) in [4.78, 5) is 16.2. The Balaban J connectivity index is 1.81. The molecule has 0 radical (unpaired) electrons. The van der Waals surface area contributed by atoms with Crippen molar-refractivity contribution in [3.05, 3.63) is 22.4 Å². The van der Waals surface area contributed by atoms with Crippen molar-refractivity contribution in [3.63, 3.8) is 0 Å². The van der Waals surface area contributed by atoms with Crippen molar-refractivity contribution in [2.45, 2.75) is 19.4 Å². The Hall–Kier alpha value is -0.910. The number of thiophene rings is 1. The zero-order chi connectivity index (χ0) is 13.0. The summed E-state index contributed by atoms with van der Waals surface area (Å²) in [7, 11) is 0. The number of amides is 1. The minimum Gasteiger partial charge on any atom is -0.392 e. The first-order valence-electron chi connectivity index (χ1n) is 6.42. The van der Waals surface area contributed by atoms with Crippen LogP contribution in [0.1, 0.15) is 23.7 Å². The molecule has 1 aliphatic heterocycles. The van der Waals surface area contributed by atoms with Crippen LogP contribution in [-0.2, 0) is 0 Å². The number of β-amino-alcohol motifs (C(OH)–C–C–N with tert-alkyl or cyclic N) is 1. The number of aliphatic hydroxyl groups is 1. The minimum absolute atomic E-state index is 0.131. The number of hydrogen-bond acceptors (Lipinski definition) is 4. The zero-order valence-electron chi connectivity index (χ0n) is 10.7. The highest BCUT2D eigenvalue weighted by Crippen LogP contribution is 2.12. The molecule has 1 atom stereocenters. The van der Waals surface area contributed by atoms with Crippen molar-refractivity contribution >= 4 is 17.2 Å². The molecule has 0 aliphatic carbocycles. The van der Waals surface area contributed by atoms with Crippen molar-refractivity contribution in [3.8, 4) is 0 Å². The van der Waals surface area contributed by atoms with Gasteiger partial charge >= 0.3 is 0 Å². The molecule has 2 rings (SSSR count). The van der Waals surface area contributed by atoms with Crippen molar-refractivity contribution in [2.75, 3.05) is 32.7 Å². The average molecular weight is 268 g/mol. The fourth-order valence-corrected chi connectivity index (χ4v) is 2.76. The molecule has 1 aliphatic rings. The molecule has 18 heavy (non-hydrogen) atoms. The summed E-state index contributed by atoms with van der Waals surface area (Å²) in [5.74, 6) is 0.131. The van der Waals surface area contributed by atoms with Crippen LogP contribution >= 0.6 is 11.3 Å². The smallest absolute Gasteiger partial charge is 0.254 e. The molecule has 1 amide bonds. The van der Waals surface area contributed by atoms with Crippen LogP contribution in [0.15, 0.2) is 16.8 Å². The van der Waals surface area contributed by atoms with E-state index in [9.17, 15) is 9.90 Å². The van der Waals surface area contributed by atoms with Gasteiger partial charge in [-0.25, -0.2) is 0 Å². The third-order valence-electron chi connectivity index (χ3n) is 3.37. The molecule has 1 N–H and O–H groups in total. The Bertz CT molecular complexity index is 372. The van der Waals surface area contributed by atoms with Crippen molar-refractivity contribution in [2.24, 2.45) is 0 Å². The SMILES string of the molecule is CC[C@@H](O)CN1CCN(C(=O)c2ccsc2)CC1. The van der Waals surface area contributed by atoms with Crippen LogP contribution in [-0.4, -0.2) is 59.6 Å². The second-order valence-corrected chi connectivity index (χ2v) is 5.45. The Morgan fingerprint density at radius 1 is 1.44 bits per heavy atom. The Kier molecular flexibility index (Phi) is 4.74. The van der Waals surface area contributed by atoms with E-state index in [1.165, 1.54) is 0 Å². The topological polar surface area (TPSA) is 43.8 Å². The van der Waals surface area contributed by atoms with Crippen LogP contribution in [0.2, 0.25) is 0 Å². The molecule has 0 bridgehead atoms. The predicted molar refractivity (Wildman–Crippen MR) is 73.0 cm³/mol. The highest BCUT2D eigenvalue weighted by molar-refractivity contribution is 7.08. The number of carbonyl (C=O) groups excluding carboxylic acids is 1. The molecule has 1 aromatic heterocycles. The van der Waals surface area contributed by atoms with Gasteiger partial charge in [-0.2, -0.15) is 11.3 Å². The lowest BCUT2D eigenvalue weighted by molar-refractivity contribution is 0.0524. The van der Waals surface area contributed by atoms with Gasteiger partial charge in [0.1, 0.15) is 0 Å². The van der Waals surface area contributed by atoms with Crippen LogP contribution in [0.3, 0.4) is 0 Å².